The van der Waals surface area contributed by atoms with Gasteiger partial charge in [-0.05, 0) is 61.4 Å². The predicted molar refractivity (Wildman–Crippen MR) is 86.2 cm³/mol. The van der Waals surface area contributed by atoms with Gasteiger partial charge in [0.25, 0.3) is 0 Å². The third kappa shape index (κ3) is 4.48. The maximum atomic E-state index is 11.8. The van der Waals surface area contributed by atoms with E-state index in [0.717, 1.165) is 15.6 Å². The number of aryl methyl sites for hydroxylation is 2. The summed E-state index contributed by atoms with van der Waals surface area (Å²) in [7, 11) is 0. The standard InChI is InChI=1S/C16H14BrClO3/c1-10-7-12(17)3-5-15(10)21-16(19)9-20-14-6-4-13(18)8-11(14)2/h3-8H,9H2,1-2H3. The SMILES string of the molecule is Cc1cc(Cl)ccc1OCC(=O)Oc1ccc(Br)cc1C. The highest BCUT2D eigenvalue weighted by Crippen LogP contribution is 2.23. The van der Waals surface area contributed by atoms with E-state index in [1.54, 1.807) is 24.3 Å². The molecule has 0 amide bonds. The fourth-order valence-corrected chi connectivity index (χ4v) is 2.49. The zero-order chi connectivity index (χ0) is 15.4. The molecule has 0 unspecified atom stereocenters. The number of ether oxygens (including phenoxy) is 2. The van der Waals surface area contributed by atoms with Crippen molar-refractivity contribution in [3.63, 3.8) is 0 Å². The molecule has 0 aliphatic rings. The maximum absolute atomic E-state index is 11.8. The molecule has 21 heavy (non-hydrogen) atoms. The molecule has 0 fully saturated rings. The summed E-state index contributed by atoms with van der Waals surface area (Å²) < 4.78 is 11.7. The van der Waals surface area contributed by atoms with Crippen LogP contribution in [-0.4, -0.2) is 12.6 Å². The van der Waals surface area contributed by atoms with Crippen LogP contribution < -0.4 is 9.47 Å². The van der Waals surface area contributed by atoms with Crippen LogP contribution in [0.4, 0.5) is 0 Å². The van der Waals surface area contributed by atoms with Gasteiger partial charge >= 0.3 is 5.97 Å². The molecule has 0 saturated carbocycles. The van der Waals surface area contributed by atoms with Crippen molar-refractivity contribution in [3.05, 3.63) is 57.0 Å². The highest BCUT2D eigenvalue weighted by molar-refractivity contribution is 9.10. The van der Waals surface area contributed by atoms with Crippen LogP contribution in [-0.2, 0) is 4.79 Å². The smallest absolute Gasteiger partial charge is 0.349 e. The number of rotatable bonds is 4. The van der Waals surface area contributed by atoms with Crippen LogP contribution in [0, 0.1) is 13.8 Å². The Kier molecular flexibility index (Phi) is 5.26. The van der Waals surface area contributed by atoms with E-state index in [1.807, 2.05) is 26.0 Å². The summed E-state index contributed by atoms with van der Waals surface area (Å²) in [6, 6.07) is 10.7. The van der Waals surface area contributed by atoms with Gasteiger partial charge in [0.1, 0.15) is 11.5 Å². The van der Waals surface area contributed by atoms with E-state index in [4.69, 9.17) is 21.1 Å². The second-order valence-electron chi connectivity index (χ2n) is 4.58. The van der Waals surface area contributed by atoms with Crippen LogP contribution in [0.5, 0.6) is 11.5 Å². The Hall–Kier alpha value is -1.52. The van der Waals surface area contributed by atoms with Crippen LogP contribution in [0.2, 0.25) is 5.02 Å². The second kappa shape index (κ2) is 6.96. The molecule has 0 spiro atoms. The van der Waals surface area contributed by atoms with Gasteiger partial charge in [0.15, 0.2) is 6.61 Å². The predicted octanol–water partition coefficient (Wildman–Crippen LogP) is 4.70. The number of hydrogen-bond acceptors (Lipinski definition) is 3. The number of carbonyl (C=O) groups excluding carboxylic acids is 1. The Labute approximate surface area is 137 Å². The molecule has 0 N–H and O–H groups in total. The number of halogens is 2. The van der Waals surface area contributed by atoms with Gasteiger partial charge < -0.3 is 9.47 Å². The van der Waals surface area contributed by atoms with Crippen LogP contribution in [0.3, 0.4) is 0 Å². The Morgan fingerprint density at radius 3 is 2.43 bits per heavy atom. The van der Waals surface area contributed by atoms with Crippen LogP contribution in [0.1, 0.15) is 11.1 Å². The zero-order valence-corrected chi connectivity index (χ0v) is 14.0. The fourth-order valence-electron chi connectivity index (χ4n) is 1.79. The van der Waals surface area contributed by atoms with E-state index in [0.29, 0.717) is 16.5 Å². The first kappa shape index (κ1) is 15.9. The van der Waals surface area contributed by atoms with Gasteiger partial charge in [-0.25, -0.2) is 4.79 Å². The molecule has 0 saturated heterocycles. The Morgan fingerprint density at radius 2 is 1.76 bits per heavy atom. The highest BCUT2D eigenvalue weighted by Gasteiger charge is 2.09. The molecule has 3 nitrogen and oxygen atoms in total. The first-order chi connectivity index (χ1) is 9.95. The molecular weight excluding hydrogens is 356 g/mol. The monoisotopic (exact) mass is 368 g/mol. The number of esters is 1. The molecule has 110 valence electrons. The molecule has 2 rings (SSSR count). The van der Waals surface area contributed by atoms with E-state index in [9.17, 15) is 4.79 Å². The molecule has 0 bridgehead atoms. The van der Waals surface area contributed by atoms with E-state index in [-0.39, 0.29) is 6.61 Å². The number of benzene rings is 2. The molecule has 2 aromatic rings. The maximum Gasteiger partial charge on any atom is 0.349 e. The van der Waals surface area contributed by atoms with Gasteiger partial charge in [0, 0.05) is 9.50 Å². The molecule has 0 aliphatic heterocycles. The van der Waals surface area contributed by atoms with Crippen LogP contribution in [0.15, 0.2) is 40.9 Å². The lowest BCUT2D eigenvalue weighted by Gasteiger charge is -2.10. The van der Waals surface area contributed by atoms with Crippen molar-refractivity contribution >= 4 is 33.5 Å². The van der Waals surface area contributed by atoms with Gasteiger partial charge in [-0.3, -0.25) is 0 Å². The minimum atomic E-state index is -0.449. The van der Waals surface area contributed by atoms with E-state index >= 15 is 0 Å². The summed E-state index contributed by atoms with van der Waals surface area (Å²) in [4.78, 5) is 11.8. The molecular formula is C16H14BrClO3. The lowest BCUT2D eigenvalue weighted by atomic mass is 10.2. The third-order valence-corrected chi connectivity index (χ3v) is 3.57. The topological polar surface area (TPSA) is 35.5 Å². The molecule has 0 atom stereocenters. The van der Waals surface area contributed by atoms with Crippen molar-refractivity contribution in [1.82, 2.24) is 0 Å². The first-order valence-electron chi connectivity index (χ1n) is 6.31. The first-order valence-corrected chi connectivity index (χ1v) is 7.48. The molecule has 0 radical (unpaired) electrons. The summed E-state index contributed by atoms with van der Waals surface area (Å²) in [5.74, 6) is 0.693. The fraction of sp³-hybridized carbons (Fsp3) is 0.188. The van der Waals surface area contributed by atoms with Gasteiger partial charge in [-0.1, -0.05) is 27.5 Å². The quantitative estimate of drug-likeness (QED) is 0.578. The Bertz CT molecular complexity index is 671. The Balaban J connectivity index is 1.96. The van der Waals surface area contributed by atoms with Crippen molar-refractivity contribution in [2.24, 2.45) is 0 Å². The van der Waals surface area contributed by atoms with E-state index in [1.165, 1.54) is 0 Å². The largest absolute Gasteiger partial charge is 0.482 e. The lowest BCUT2D eigenvalue weighted by Crippen LogP contribution is -2.18. The third-order valence-electron chi connectivity index (χ3n) is 2.84. The van der Waals surface area contributed by atoms with Crippen molar-refractivity contribution < 1.29 is 14.3 Å². The summed E-state index contributed by atoms with van der Waals surface area (Å²) >= 11 is 9.23. The minimum absolute atomic E-state index is 0.155. The van der Waals surface area contributed by atoms with Crippen molar-refractivity contribution in [2.45, 2.75) is 13.8 Å². The van der Waals surface area contributed by atoms with Crippen LogP contribution >= 0.6 is 27.5 Å². The number of hydrogen-bond donors (Lipinski definition) is 0. The summed E-state index contributed by atoms with van der Waals surface area (Å²) in [6.07, 6.45) is 0. The molecule has 2 aromatic carbocycles. The van der Waals surface area contributed by atoms with Gasteiger partial charge in [-0.2, -0.15) is 0 Å². The average molecular weight is 370 g/mol. The lowest BCUT2D eigenvalue weighted by molar-refractivity contribution is -0.136. The van der Waals surface area contributed by atoms with E-state index in [2.05, 4.69) is 15.9 Å². The summed E-state index contributed by atoms with van der Waals surface area (Å²) in [6.45, 7) is 3.58. The average Bonchev–Trinajstić information content (AvgIpc) is 2.41. The molecule has 0 heterocycles. The molecule has 0 aromatic heterocycles. The number of carbonyl (C=O) groups is 1. The highest BCUT2D eigenvalue weighted by atomic mass is 79.9. The molecule has 0 aliphatic carbocycles. The van der Waals surface area contributed by atoms with E-state index < -0.39 is 5.97 Å². The molecule has 5 heteroatoms. The van der Waals surface area contributed by atoms with Crippen LogP contribution in [0.25, 0.3) is 0 Å². The van der Waals surface area contributed by atoms with Crippen molar-refractivity contribution in [1.29, 1.82) is 0 Å². The zero-order valence-electron chi connectivity index (χ0n) is 11.7. The van der Waals surface area contributed by atoms with Crippen molar-refractivity contribution in [2.75, 3.05) is 6.61 Å². The summed E-state index contributed by atoms with van der Waals surface area (Å²) in [5, 5.41) is 0.632. The van der Waals surface area contributed by atoms with Gasteiger partial charge in [0.2, 0.25) is 0 Å². The minimum Gasteiger partial charge on any atom is -0.482 e. The van der Waals surface area contributed by atoms with Gasteiger partial charge in [0.05, 0.1) is 0 Å². The summed E-state index contributed by atoms with van der Waals surface area (Å²) in [5.41, 5.74) is 1.75. The normalized spacial score (nSPS) is 10.3. The second-order valence-corrected chi connectivity index (χ2v) is 5.93. The van der Waals surface area contributed by atoms with Gasteiger partial charge in [-0.15, -0.1) is 0 Å². The Morgan fingerprint density at radius 1 is 1.10 bits per heavy atom. The van der Waals surface area contributed by atoms with Crippen molar-refractivity contribution in [3.8, 4) is 11.5 Å².